The van der Waals surface area contributed by atoms with Crippen molar-refractivity contribution >= 4 is 30.3 Å². The maximum absolute atomic E-state index is 11.5. The number of anilines is 2. The molecule has 0 radical (unpaired) electrons. The maximum atomic E-state index is 11.5. The lowest BCUT2D eigenvalue weighted by Crippen LogP contribution is -2.27. The first-order valence-electron chi connectivity index (χ1n) is 4.41. The van der Waals surface area contributed by atoms with Crippen molar-refractivity contribution in [3.8, 4) is 0 Å². The van der Waals surface area contributed by atoms with E-state index >= 15 is 0 Å². The quantitative estimate of drug-likeness (QED) is 0.557. The average Bonchev–Trinajstić information content (AvgIpc) is 2.43. The standard InChI is InChI=1S/C8H10N4O2S/c9-8-10-5(2-6(13)11-8)12-3-4(15)1-7(12)14/h2,4,15H,1,3H2,(H3,9,10,11,13). The van der Waals surface area contributed by atoms with E-state index in [2.05, 4.69) is 22.6 Å². The van der Waals surface area contributed by atoms with Gasteiger partial charge in [0.05, 0.1) is 0 Å². The molecular formula is C8H10N4O2S. The van der Waals surface area contributed by atoms with Crippen LogP contribution in [0.5, 0.6) is 0 Å². The Morgan fingerprint density at radius 1 is 1.60 bits per heavy atom. The first-order valence-corrected chi connectivity index (χ1v) is 4.93. The van der Waals surface area contributed by atoms with Crippen LogP contribution in [0.2, 0.25) is 0 Å². The lowest BCUT2D eigenvalue weighted by molar-refractivity contribution is -0.117. The molecule has 15 heavy (non-hydrogen) atoms. The minimum atomic E-state index is -0.368. The third-order valence-corrected chi connectivity index (χ3v) is 2.47. The van der Waals surface area contributed by atoms with E-state index in [0.29, 0.717) is 13.0 Å². The van der Waals surface area contributed by atoms with E-state index in [1.54, 1.807) is 0 Å². The molecule has 1 aliphatic heterocycles. The Kier molecular flexibility index (Phi) is 2.39. The van der Waals surface area contributed by atoms with Gasteiger partial charge < -0.3 is 5.73 Å². The van der Waals surface area contributed by atoms with Crippen LogP contribution in [-0.2, 0) is 4.79 Å². The fraction of sp³-hybridized carbons (Fsp3) is 0.375. The number of aromatic nitrogens is 2. The molecule has 1 fully saturated rings. The van der Waals surface area contributed by atoms with Gasteiger partial charge in [-0.2, -0.15) is 17.6 Å². The van der Waals surface area contributed by atoms with Crippen molar-refractivity contribution in [2.45, 2.75) is 11.7 Å². The van der Waals surface area contributed by atoms with Crippen LogP contribution in [-0.4, -0.2) is 27.7 Å². The fourth-order valence-corrected chi connectivity index (χ4v) is 1.83. The second kappa shape index (κ2) is 3.58. The van der Waals surface area contributed by atoms with Crippen molar-refractivity contribution in [2.24, 2.45) is 0 Å². The largest absolute Gasteiger partial charge is 0.369 e. The Labute approximate surface area is 90.9 Å². The van der Waals surface area contributed by atoms with Crippen LogP contribution in [0.15, 0.2) is 10.9 Å². The van der Waals surface area contributed by atoms with Crippen LogP contribution in [0, 0.1) is 0 Å². The third-order valence-electron chi connectivity index (χ3n) is 2.13. The number of carbonyl (C=O) groups excluding carboxylic acids is 1. The summed E-state index contributed by atoms with van der Waals surface area (Å²) in [5, 5.41) is -0.0141. The molecule has 0 aliphatic carbocycles. The van der Waals surface area contributed by atoms with Crippen LogP contribution in [0.4, 0.5) is 11.8 Å². The third kappa shape index (κ3) is 1.96. The van der Waals surface area contributed by atoms with Gasteiger partial charge in [-0.25, -0.2) is 0 Å². The van der Waals surface area contributed by atoms with Crippen molar-refractivity contribution in [2.75, 3.05) is 17.2 Å². The van der Waals surface area contributed by atoms with Gasteiger partial charge in [0.15, 0.2) is 0 Å². The molecule has 1 saturated heterocycles. The monoisotopic (exact) mass is 226 g/mol. The minimum absolute atomic E-state index is 0.00733. The highest BCUT2D eigenvalue weighted by molar-refractivity contribution is 7.81. The summed E-state index contributed by atoms with van der Waals surface area (Å²) in [5.41, 5.74) is 5.02. The average molecular weight is 226 g/mol. The smallest absolute Gasteiger partial charge is 0.254 e. The number of H-pyrrole nitrogens is 1. The summed E-state index contributed by atoms with van der Waals surface area (Å²) in [4.78, 5) is 30.2. The number of nitrogen functional groups attached to an aromatic ring is 1. The molecule has 0 saturated carbocycles. The lowest BCUT2D eigenvalue weighted by atomic mass is 10.4. The Hall–Kier alpha value is -1.50. The predicted molar refractivity (Wildman–Crippen MR) is 59.0 cm³/mol. The second-order valence-electron chi connectivity index (χ2n) is 3.35. The summed E-state index contributed by atoms with van der Waals surface area (Å²) < 4.78 is 0. The van der Waals surface area contributed by atoms with Crippen molar-refractivity contribution in [1.82, 2.24) is 9.97 Å². The summed E-state index contributed by atoms with van der Waals surface area (Å²) in [6, 6.07) is 1.25. The molecule has 1 aliphatic rings. The number of nitrogens with two attached hydrogens (primary N) is 1. The van der Waals surface area contributed by atoms with Crippen molar-refractivity contribution in [3.05, 3.63) is 16.4 Å². The van der Waals surface area contributed by atoms with Gasteiger partial charge in [0.25, 0.3) is 5.56 Å². The number of carbonyl (C=O) groups is 1. The lowest BCUT2D eigenvalue weighted by Gasteiger charge is -2.14. The fourth-order valence-electron chi connectivity index (χ4n) is 1.51. The van der Waals surface area contributed by atoms with Crippen molar-refractivity contribution < 1.29 is 4.79 Å². The van der Waals surface area contributed by atoms with Crippen molar-refractivity contribution in [1.29, 1.82) is 0 Å². The second-order valence-corrected chi connectivity index (χ2v) is 4.08. The first kappa shape index (κ1) is 10.0. The molecule has 2 rings (SSSR count). The summed E-state index contributed by atoms with van der Waals surface area (Å²) >= 11 is 4.21. The van der Waals surface area contributed by atoms with E-state index in [0.717, 1.165) is 0 Å². The topological polar surface area (TPSA) is 92.1 Å². The predicted octanol–water partition coefficient (Wildman–Crippen LogP) is -0.613. The molecule has 2 heterocycles. The molecule has 1 amide bonds. The van der Waals surface area contributed by atoms with Crippen LogP contribution >= 0.6 is 12.6 Å². The van der Waals surface area contributed by atoms with Gasteiger partial charge >= 0.3 is 0 Å². The Morgan fingerprint density at radius 3 is 2.87 bits per heavy atom. The van der Waals surface area contributed by atoms with E-state index < -0.39 is 0 Å². The van der Waals surface area contributed by atoms with Gasteiger partial charge in [0.1, 0.15) is 5.82 Å². The van der Waals surface area contributed by atoms with Crippen LogP contribution in [0.25, 0.3) is 0 Å². The molecule has 1 aromatic rings. The van der Waals surface area contributed by atoms with Gasteiger partial charge in [-0.15, -0.1) is 0 Å². The number of nitrogens with one attached hydrogen (secondary N) is 1. The molecular weight excluding hydrogens is 216 g/mol. The number of aromatic amines is 1. The van der Waals surface area contributed by atoms with Gasteiger partial charge in [-0.3, -0.25) is 19.5 Å². The maximum Gasteiger partial charge on any atom is 0.254 e. The molecule has 6 nitrogen and oxygen atoms in total. The summed E-state index contributed by atoms with van der Waals surface area (Å²) in [5.74, 6) is 0.207. The molecule has 1 aromatic heterocycles. The number of thiol groups is 1. The van der Waals surface area contributed by atoms with E-state index in [1.165, 1.54) is 11.0 Å². The normalized spacial score (nSPS) is 21.0. The van der Waals surface area contributed by atoms with Crippen LogP contribution < -0.4 is 16.2 Å². The van der Waals surface area contributed by atoms with E-state index in [1.807, 2.05) is 0 Å². The number of rotatable bonds is 1. The van der Waals surface area contributed by atoms with Crippen LogP contribution in [0.3, 0.4) is 0 Å². The summed E-state index contributed by atoms with van der Waals surface area (Å²) in [6.45, 7) is 0.456. The minimum Gasteiger partial charge on any atom is -0.369 e. The van der Waals surface area contributed by atoms with E-state index in [4.69, 9.17) is 5.73 Å². The molecule has 0 spiro atoms. The molecule has 0 bridgehead atoms. The van der Waals surface area contributed by atoms with Gasteiger partial charge in [-0.1, -0.05) is 0 Å². The zero-order valence-electron chi connectivity index (χ0n) is 7.80. The van der Waals surface area contributed by atoms with E-state index in [-0.39, 0.29) is 28.5 Å². The van der Waals surface area contributed by atoms with Gasteiger partial charge in [-0.05, 0) is 0 Å². The Balaban J connectivity index is 2.37. The number of hydrogen-bond acceptors (Lipinski definition) is 5. The molecule has 3 N–H and O–H groups in total. The summed E-state index contributed by atoms with van der Waals surface area (Å²) in [6.07, 6.45) is 0.359. The van der Waals surface area contributed by atoms with Gasteiger partial charge in [0.2, 0.25) is 11.9 Å². The molecule has 0 aromatic carbocycles. The molecule has 7 heteroatoms. The highest BCUT2D eigenvalue weighted by Gasteiger charge is 2.29. The number of nitrogens with zero attached hydrogens (tertiary/aromatic N) is 2. The van der Waals surface area contributed by atoms with Gasteiger partial charge in [0, 0.05) is 24.3 Å². The van der Waals surface area contributed by atoms with E-state index in [9.17, 15) is 9.59 Å². The number of hydrogen-bond donors (Lipinski definition) is 3. The SMILES string of the molecule is Nc1nc(N2CC(S)CC2=O)cc(=O)[nH]1. The molecule has 80 valence electrons. The Morgan fingerprint density at radius 2 is 2.33 bits per heavy atom. The zero-order valence-corrected chi connectivity index (χ0v) is 8.70. The molecule has 1 atom stereocenters. The van der Waals surface area contributed by atoms with Crippen molar-refractivity contribution in [3.63, 3.8) is 0 Å². The number of amides is 1. The first-order chi connectivity index (χ1) is 7.06. The summed E-state index contributed by atoms with van der Waals surface area (Å²) in [7, 11) is 0. The van der Waals surface area contributed by atoms with Crippen LogP contribution in [0.1, 0.15) is 6.42 Å². The Bertz CT molecular complexity index is 458. The highest BCUT2D eigenvalue weighted by Crippen LogP contribution is 2.21. The molecule has 1 unspecified atom stereocenters. The zero-order chi connectivity index (χ0) is 11.0. The highest BCUT2D eigenvalue weighted by atomic mass is 32.1.